The second-order valence-electron chi connectivity index (χ2n) is 7.34. The van der Waals surface area contributed by atoms with Crippen molar-refractivity contribution in [2.24, 2.45) is 0 Å². The van der Waals surface area contributed by atoms with Crippen LogP contribution in [0.3, 0.4) is 0 Å². The first-order valence-electron chi connectivity index (χ1n) is 10.2. The fraction of sp³-hybridized carbons (Fsp3) is 0.240. The normalized spacial score (nSPS) is 13.7. The van der Waals surface area contributed by atoms with Gasteiger partial charge in [-0.2, -0.15) is 18.3 Å². The third-order valence-corrected chi connectivity index (χ3v) is 4.92. The largest absolute Gasteiger partial charge is 0.493 e. The van der Waals surface area contributed by atoms with Gasteiger partial charge in [-0.15, -0.1) is 0 Å². The number of hydrogen-bond donors (Lipinski definition) is 1. The summed E-state index contributed by atoms with van der Waals surface area (Å²) in [5.41, 5.74) is 4.75. The van der Waals surface area contributed by atoms with E-state index in [0.717, 1.165) is 28.1 Å². The summed E-state index contributed by atoms with van der Waals surface area (Å²) in [5, 5.41) is 15.4. The molecule has 1 unspecified atom stereocenters. The Bertz CT molecular complexity index is 1130. The predicted octanol–water partition coefficient (Wildman–Crippen LogP) is 5.69. The minimum Gasteiger partial charge on any atom is -0.493 e. The van der Waals surface area contributed by atoms with E-state index in [9.17, 15) is 18.3 Å². The molecule has 0 spiro atoms. The molecule has 1 aliphatic rings. The Labute approximate surface area is 190 Å². The van der Waals surface area contributed by atoms with Crippen molar-refractivity contribution >= 4 is 6.08 Å². The van der Waals surface area contributed by atoms with E-state index in [1.54, 1.807) is 20.3 Å². The number of halogens is 3. The molecule has 8 heteroatoms. The van der Waals surface area contributed by atoms with E-state index in [4.69, 9.17) is 9.47 Å². The first kappa shape index (κ1) is 24.1. The van der Waals surface area contributed by atoms with Crippen molar-refractivity contribution in [3.05, 3.63) is 89.3 Å². The van der Waals surface area contributed by atoms with Crippen LogP contribution >= 0.6 is 0 Å². The van der Waals surface area contributed by atoms with Crippen LogP contribution in [0.2, 0.25) is 0 Å². The maximum Gasteiger partial charge on any atom is 0.386 e. The number of aromatic nitrogens is 2. The summed E-state index contributed by atoms with van der Waals surface area (Å²) in [4.78, 5) is 0. The molecule has 0 aliphatic heterocycles. The van der Waals surface area contributed by atoms with Crippen molar-refractivity contribution in [2.75, 3.05) is 14.2 Å². The van der Waals surface area contributed by atoms with Crippen molar-refractivity contribution < 1.29 is 27.8 Å². The van der Waals surface area contributed by atoms with Crippen LogP contribution in [-0.4, -0.2) is 35.3 Å². The zero-order valence-electron chi connectivity index (χ0n) is 18.5. The van der Waals surface area contributed by atoms with E-state index in [0.29, 0.717) is 17.9 Å². The number of methoxy groups -OCH3 is 2. The number of aliphatic hydroxyl groups excluding tert-OH is 1. The summed E-state index contributed by atoms with van der Waals surface area (Å²) in [5.74, 6) is 1.24. The highest BCUT2D eigenvalue weighted by molar-refractivity contribution is 5.59. The minimum absolute atomic E-state index is 0.188. The lowest BCUT2D eigenvalue weighted by Crippen LogP contribution is -2.01. The van der Waals surface area contributed by atoms with E-state index in [1.165, 1.54) is 0 Å². The van der Waals surface area contributed by atoms with Gasteiger partial charge in [-0.25, -0.2) is 4.68 Å². The van der Waals surface area contributed by atoms with Crippen LogP contribution in [-0.2, 0) is 6.42 Å². The van der Waals surface area contributed by atoms with Crippen LogP contribution in [0.4, 0.5) is 13.2 Å². The molecule has 174 valence electrons. The molecule has 1 heterocycles. The van der Waals surface area contributed by atoms with Crippen LogP contribution in [0.1, 0.15) is 29.8 Å². The molecule has 0 saturated carbocycles. The number of nitrogens with zero attached hydrogens (tertiary/aromatic N) is 2. The molecule has 1 atom stereocenters. The first-order valence-corrected chi connectivity index (χ1v) is 10.2. The summed E-state index contributed by atoms with van der Waals surface area (Å²) in [6.07, 6.45) is 3.84. The highest BCUT2D eigenvalue weighted by atomic mass is 19.4. The molecular formula is C25H25F3N2O3. The summed E-state index contributed by atoms with van der Waals surface area (Å²) in [6.45, 7) is 0.188. The van der Waals surface area contributed by atoms with Crippen molar-refractivity contribution in [1.82, 2.24) is 9.78 Å². The van der Waals surface area contributed by atoms with E-state index in [-0.39, 0.29) is 6.92 Å². The van der Waals surface area contributed by atoms with Gasteiger partial charge in [0.15, 0.2) is 11.5 Å². The Morgan fingerprint density at radius 2 is 1.67 bits per heavy atom. The second-order valence-corrected chi connectivity index (χ2v) is 7.34. The number of ether oxygens (including phenoxy) is 2. The number of alkyl halides is 3. The molecule has 1 aromatic heterocycles. The maximum atomic E-state index is 10.9. The smallest absolute Gasteiger partial charge is 0.386 e. The minimum atomic E-state index is -4.00. The van der Waals surface area contributed by atoms with Crippen LogP contribution < -0.4 is 9.47 Å². The molecule has 0 fully saturated rings. The number of rotatable bonds is 5. The fourth-order valence-corrected chi connectivity index (χ4v) is 3.39. The lowest BCUT2D eigenvalue weighted by Gasteiger charge is -2.15. The third-order valence-electron chi connectivity index (χ3n) is 4.92. The summed E-state index contributed by atoms with van der Waals surface area (Å²) >= 11 is 0. The molecule has 5 nitrogen and oxygen atoms in total. The molecular weight excluding hydrogens is 433 g/mol. The van der Waals surface area contributed by atoms with Crippen molar-refractivity contribution in [1.29, 1.82) is 0 Å². The Hall–Kier alpha value is -3.52. The number of benzene rings is 2. The van der Waals surface area contributed by atoms with Gasteiger partial charge >= 0.3 is 6.18 Å². The molecule has 4 rings (SSSR count). The van der Waals surface area contributed by atoms with Crippen molar-refractivity contribution in [2.45, 2.75) is 25.6 Å². The maximum absolute atomic E-state index is 10.9. The van der Waals surface area contributed by atoms with E-state index in [2.05, 4.69) is 5.10 Å². The Morgan fingerprint density at radius 3 is 2.30 bits per heavy atom. The molecule has 1 aliphatic carbocycles. The van der Waals surface area contributed by atoms with Crippen molar-refractivity contribution in [3.63, 3.8) is 0 Å². The van der Waals surface area contributed by atoms with Gasteiger partial charge in [-0.05, 0) is 47.9 Å². The molecule has 0 amide bonds. The van der Waals surface area contributed by atoms with Gasteiger partial charge in [0.25, 0.3) is 0 Å². The quantitative estimate of drug-likeness (QED) is 0.534. The lowest BCUT2D eigenvalue weighted by molar-refractivity contribution is -0.110. The molecule has 0 saturated heterocycles. The molecule has 3 aromatic rings. The number of allylic oxidation sites excluding steroid dienone is 1. The van der Waals surface area contributed by atoms with Gasteiger partial charge in [-0.3, -0.25) is 0 Å². The third kappa shape index (κ3) is 6.26. The van der Waals surface area contributed by atoms with Crippen LogP contribution in [0.15, 0.2) is 72.5 Å². The Kier molecular flexibility index (Phi) is 7.60. The predicted molar refractivity (Wildman–Crippen MR) is 121 cm³/mol. The number of hydrogen-bond acceptors (Lipinski definition) is 4. The average molecular weight is 458 g/mol. The highest BCUT2D eigenvalue weighted by Gasteiger charge is 2.18. The zero-order chi connectivity index (χ0) is 24.0. The molecule has 1 N–H and O–H groups in total. The van der Waals surface area contributed by atoms with Crippen LogP contribution in [0, 0.1) is 0 Å². The summed E-state index contributed by atoms with van der Waals surface area (Å²) in [7, 11) is 3.18. The number of fused-ring (bicyclic) bond motifs is 1. The Balaban J connectivity index is 0.000000555. The standard InChI is InChI=1S/C23H22N2O3.C2H3F3/c1-27-21-13-11-17(14-22(21)28-2)23(26)16-8-9-18-15-24-25(20(18)12-10-16)19-6-4-3-5-7-19;1-2(3,4)5/h3-8,10-15,23,26H,9H2,1-2H3;1H3. The lowest BCUT2D eigenvalue weighted by atomic mass is 10.00. The summed E-state index contributed by atoms with van der Waals surface area (Å²) in [6, 6.07) is 15.5. The number of para-hydroxylation sites is 1. The Morgan fingerprint density at radius 1 is 1.00 bits per heavy atom. The first-order chi connectivity index (χ1) is 15.7. The van der Waals surface area contributed by atoms with Gasteiger partial charge in [0, 0.05) is 12.5 Å². The van der Waals surface area contributed by atoms with Crippen LogP contribution in [0.5, 0.6) is 11.5 Å². The van der Waals surface area contributed by atoms with Gasteiger partial charge in [-0.1, -0.05) is 36.4 Å². The zero-order valence-corrected chi connectivity index (χ0v) is 18.5. The van der Waals surface area contributed by atoms with E-state index in [1.807, 2.05) is 71.6 Å². The van der Waals surface area contributed by atoms with E-state index >= 15 is 0 Å². The second kappa shape index (κ2) is 10.4. The monoisotopic (exact) mass is 458 g/mol. The molecule has 0 radical (unpaired) electrons. The summed E-state index contributed by atoms with van der Waals surface area (Å²) < 4.78 is 43.6. The van der Waals surface area contributed by atoms with Crippen LogP contribution in [0.25, 0.3) is 11.8 Å². The number of aliphatic hydroxyl groups is 1. The van der Waals surface area contributed by atoms with Gasteiger partial charge in [0.1, 0.15) is 6.10 Å². The molecule has 2 aromatic carbocycles. The van der Waals surface area contributed by atoms with Gasteiger partial charge in [0.2, 0.25) is 0 Å². The molecule has 0 bridgehead atoms. The average Bonchev–Trinajstić information content (AvgIpc) is 3.08. The SMILES string of the molecule is CC(F)(F)F.COc1ccc(C(O)C2=CCc3cnn(-c4ccccc4)c3C=C2)cc1OC. The van der Waals surface area contributed by atoms with E-state index < -0.39 is 12.3 Å². The van der Waals surface area contributed by atoms with Crippen molar-refractivity contribution in [3.8, 4) is 17.2 Å². The van der Waals surface area contributed by atoms with Gasteiger partial charge in [0.05, 0.1) is 31.8 Å². The highest BCUT2D eigenvalue weighted by Crippen LogP contribution is 2.34. The fourth-order valence-electron chi connectivity index (χ4n) is 3.39. The van der Waals surface area contributed by atoms with Gasteiger partial charge < -0.3 is 14.6 Å². The topological polar surface area (TPSA) is 56.5 Å². The molecule has 33 heavy (non-hydrogen) atoms.